The smallest absolute Gasteiger partial charge is 0.259 e. The highest BCUT2D eigenvalue weighted by Gasteiger charge is 2.15. The van der Waals surface area contributed by atoms with Crippen molar-refractivity contribution in [3.8, 4) is 34.3 Å². The third kappa shape index (κ3) is 3.03. The standard InChI is InChI=1S/C17H16N2O3S/c1-20-13-9-8-11(10-14(13)21-2)16-18-17(22-19-16)12-6-4-5-7-15(12)23-3/h4-10H,1-3H3. The van der Waals surface area contributed by atoms with Crippen LogP contribution in [-0.4, -0.2) is 30.6 Å². The second-order valence-electron chi connectivity index (χ2n) is 4.69. The minimum atomic E-state index is 0.500. The zero-order valence-electron chi connectivity index (χ0n) is 13.1. The number of benzene rings is 2. The normalized spacial score (nSPS) is 10.6. The Balaban J connectivity index is 1.99. The van der Waals surface area contributed by atoms with Crippen molar-refractivity contribution < 1.29 is 14.0 Å². The van der Waals surface area contributed by atoms with E-state index in [9.17, 15) is 0 Å². The van der Waals surface area contributed by atoms with Gasteiger partial charge in [0.1, 0.15) is 0 Å². The Morgan fingerprint density at radius 1 is 1.00 bits per heavy atom. The summed E-state index contributed by atoms with van der Waals surface area (Å²) in [6.45, 7) is 0. The van der Waals surface area contributed by atoms with Gasteiger partial charge in [0.25, 0.3) is 5.89 Å². The van der Waals surface area contributed by atoms with Gasteiger partial charge >= 0.3 is 0 Å². The highest BCUT2D eigenvalue weighted by Crippen LogP contribution is 2.33. The molecule has 0 unspecified atom stereocenters. The first-order valence-electron chi connectivity index (χ1n) is 6.96. The van der Waals surface area contributed by atoms with Crippen LogP contribution in [0.5, 0.6) is 11.5 Å². The number of hydrogen-bond acceptors (Lipinski definition) is 6. The van der Waals surface area contributed by atoms with Gasteiger partial charge in [0.15, 0.2) is 11.5 Å². The van der Waals surface area contributed by atoms with Gasteiger partial charge in [-0.3, -0.25) is 0 Å². The van der Waals surface area contributed by atoms with Crippen molar-refractivity contribution in [3.05, 3.63) is 42.5 Å². The minimum absolute atomic E-state index is 0.500. The van der Waals surface area contributed by atoms with Crippen molar-refractivity contribution >= 4 is 11.8 Å². The molecule has 0 radical (unpaired) electrons. The van der Waals surface area contributed by atoms with E-state index in [0.717, 1.165) is 16.0 Å². The van der Waals surface area contributed by atoms with Gasteiger partial charge in [-0.15, -0.1) is 11.8 Å². The van der Waals surface area contributed by atoms with E-state index < -0.39 is 0 Å². The van der Waals surface area contributed by atoms with Crippen molar-refractivity contribution in [1.29, 1.82) is 0 Å². The summed E-state index contributed by atoms with van der Waals surface area (Å²) >= 11 is 1.64. The Bertz CT molecular complexity index is 817. The van der Waals surface area contributed by atoms with Crippen LogP contribution < -0.4 is 9.47 Å². The highest BCUT2D eigenvalue weighted by molar-refractivity contribution is 7.98. The molecule has 5 nitrogen and oxygen atoms in total. The van der Waals surface area contributed by atoms with Crippen LogP contribution in [0.3, 0.4) is 0 Å². The molecular weight excluding hydrogens is 312 g/mol. The lowest BCUT2D eigenvalue weighted by Gasteiger charge is -2.07. The van der Waals surface area contributed by atoms with E-state index in [-0.39, 0.29) is 0 Å². The summed E-state index contributed by atoms with van der Waals surface area (Å²) in [7, 11) is 3.20. The van der Waals surface area contributed by atoms with Crippen LogP contribution in [0.15, 0.2) is 51.9 Å². The van der Waals surface area contributed by atoms with Gasteiger partial charge < -0.3 is 14.0 Å². The van der Waals surface area contributed by atoms with Crippen LogP contribution in [0.4, 0.5) is 0 Å². The van der Waals surface area contributed by atoms with Gasteiger partial charge in [-0.2, -0.15) is 4.98 Å². The second kappa shape index (κ2) is 6.75. The van der Waals surface area contributed by atoms with Gasteiger partial charge in [0.05, 0.1) is 19.8 Å². The zero-order chi connectivity index (χ0) is 16.2. The first-order valence-corrected chi connectivity index (χ1v) is 8.18. The molecule has 3 rings (SSSR count). The molecule has 6 heteroatoms. The van der Waals surface area contributed by atoms with Gasteiger partial charge in [-0.25, -0.2) is 0 Å². The molecule has 23 heavy (non-hydrogen) atoms. The van der Waals surface area contributed by atoms with E-state index in [1.807, 2.05) is 48.7 Å². The van der Waals surface area contributed by atoms with Gasteiger partial charge in [0, 0.05) is 10.5 Å². The molecule has 0 N–H and O–H groups in total. The van der Waals surface area contributed by atoms with Crippen molar-refractivity contribution in [2.75, 3.05) is 20.5 Å². The molecule has 0 fully saturated rings. The Morgan fingerprint density at radius 3 is 2.52 bits per heavy atom. The molecule has 0 aliphatic carbocycles. The Hall–Kier alpha value is -2.47. The third-order valence-electron chi connectivity index (χ3n) is 3.41. The number of methoxy groups -OCH3 is 2. The van der Waals surface area contributed by atoms with Gasteiger partial charge in [-0.05, 0) is 36.6 Å². The molecule has 0 saturated heterocycles. The molecule has 0 aliphatic rings. The Kier molecular flexibility index (Phi) is 4.52. The fraction of sp³-hybridized carbons (Fsp3) is 0.176. The van der Waals surface area contributed by atoms with Crippen LogP contribution in [0.2, 0.25) is 0 Å². The average Bonchev–Trinajstić information content (AvgIpc) is 3.11. The first kappa shape index (κ1) is 15.4. The quantitative estimate of drug-likeness (QED) is 0.656. The van der Waals surface area contributed by atoms with Gasteiger partial charge in [-0.1, -0.05) is 17.3 Å². The first-order chi connectivity index (χ1) is 11.3. The van der Waals surface area contributed by atoms with Crippen molar-refractivity contribution in [2.24, 2.45) is 0 Å². The molecule has 1 aromatic heterocycles. The Morgan fingerprint density at radius 2 is 1.78 bits per heavy atom. The summed E-state index contributed by atoms with van der Waals surface area (Å²) in [4.78, 5) is 5.60. The maximum absolute atomic E-state index is 5.43. The molecule has 0 atom stereocenters. The summed E-state index contributed by atoms with van der Waals surface area (Å²) in [5.74, 6) is 2.30. The predicted octanol–water partition coefficient (Wildman–Crippen LogP) is 4.14. The number of hydrogen-bond donors (Lipinski definition) is 0. The SMILES string of the molecule is COc1ccc(-c2noc(-c3ccccc3SC)n2)cc1OC. The largest absolute Gasteiger partial charge is 0.493 e. The van der Waals surface area contributed by atoms with Crippen LogP contribution in [0.1, 0.15) is 0 Å². The average molecular weight is 328 g/mol. The van der Waals surface area contributed by atoms with Crippen LogP contribution in [-0.2, 0) is 0 Å². The molecule has 0 bridgehead atoms. The predicted molar refractivity (Wildman–Crippen MR) is 90.1 cm³/mol. The topological polar surface area (TPSA) is 57.4 Å². The van der Waals surface area contributed by atoms with E-state index in [4.69, 9.17) is 14.0 Å². The van der Waals surface area contributed by atoms with Crippen molar-refractivity contribution in [3.63, 3.8) is 0 Å². The molecule has 0 aliphatic heterocycles. The maximum atomic E-state index is 5.43. The minimum Gasteiger partial charge on any atom is -0.493 e. The molecule has 1 heterocycles. The van der Waals surface area contributed by atoms with Crippen LogP contribution in [0, 0.1) is 0 Å². The van der Waals surface area contributed by atoms with E-state index >= 15 is 0 Å². The highest BCUT2D eigenvalue weighted by atomic mass is 32.2. The number of nitrogens with zero attached hydrogens (tertiary/aromatic N) is 2. The number of ether oxygens (including phenoxy) is 2. The molecule has 0 amide bonds. The summed E-state index contributed by atoms with van der Waals surface area (Å²) < 4.78 is 16.0. The lowest BCUT2D eigenvalue weighted by atomic mass is 10.2. The monoisotopic (exact) mass is 328 g/mol. The zero-order valence-corrected chi connectivity index (χ0v) is 13.9. The van der Waals surface area contributed by atoms with E-state index in [0.29, 0.717) is 23.2 Å². The second-order valence-corrected chi connectivity index (χ2v) is 5.54. The number of rotatable bonds is 5. The molecule has 3 aromatic rings. The summed E-state index contributed by atoms with van der Waals surface area (Å²) in [6, 6.07) is 13.5. The summed E-state index contributed by atoms with van der Waals surface area (Å²) in [5.41, 5.74) is 1.73. The van der Waals surface area contributed by atoms with E-state index in [1.54, 1.807) is 26.0 Å². The molecule has 0 saturated carbocycles. The lowest BCUT2D eigenvalue weighted by Crippen LogP contribution is -1.91. The van der Waals surface area contributed by atoms with Crippen LogP contribution >= 0.6 is 11.8 Å². The van der Waals surface area contributed by atoms with Gasteiger partial charge in [0.2, 0.25) is 5.82 Å². The Labute approximate surface area is 138 Å². The number of aromatic nitrogens is 2. The third-order valence-corrected chi connectivity index (χ3v) is 4.20. The molecule has 0 spiro atoms. The molecular formula is C17H16N2O3S. The van der Waals surface area contributed by atoms with E-state index in [2.05, 4.69) is 10.1 Å². The summed E-state index contributed by atoms with van der Waals surface area (Å²) in [5, 5.41) is 4.08. The van der Waals surface area contributed by atoms with Crippen molar-refractivity contribution in [2.45, 2.75) is 4.90 Å². The maximum Gasteiger partial charge on any atom is 0.259 e. The lowest BCUT2D eigenvalue weighted by molar-refractivity contribution is 0.355. The number of thioether (sulfide) groups is 1. The summed E-state index contributed by atoms with van der Waals surface area (Å²) in [6.07, 6.45) is 2.02. The molecule has 2 aromatic carbocycles. The fourth-order valence-corrected chi connectivity index (χ4v) is 2.84. The molecule has 118 valence electrons. The van der Waals surface area contributed by atoms with Crippen LogP contribution in [0.25, 0.3) is 22.8 Å². The van der Waals surface area contributed by atoms with Crippen molar-refractivity contribution in [1.82, 2.24) is 10.1 Å². The fourth-order valence-electron chi connectivity index (χ4n) is 2.25. The van der Waals surface area contributed by atoms with E-state index in [1.165, 1.54) is 0 Å².